The highest BCUT2D eigenvalue weighted by molar-refractivity contribution is 5.77. The van der Waals surface area contributed by atoms with Crippen LogP contribution in [0.1, 0.15) is 20.8 Å². The third kappa shape index (κ3) is 2.16. The zero-order valence-electron chi connectivity index (χ0n) is 9.62. The number of esters is 1. The average Bonchev–Trinajstić information content (AvgIpc) is 2.54. The van der Waals surface area contributed by atoms with E-state index in [2.05, 4.69) is 5.32 Å². The van der Waals surface area contributed by atoms with Crippen LogP contribution in [-0.4, -0.2) is 30.7 Å². The Bertz CT molecular complexity index is 262. The molecule has 2 aliphatic rings. The summed E-state index contributed by atoms with van der Waals surface area (Å²) in [5, 5.41) is 3.29. The SMILES string of the molecule is CC(C)(C)OC(=O)[C@H](N)C1[C@H]2CNC[C@@H]12. The van der Waals surface area contributed by atoms with E-state index in [0.717, 1.165) is 13.1 Å². The van der Waals surface area contributed by atoms with Gasteiger partial charge in [-0.05, 0) is 51.6 Å². The molecule has 4 heteroatoms. The normalized spacial score (nSPS) is 35.9. The van der Waals surface area contributed by atoms with Gasteiger partial charge in [0.2, 0.25) is 0 Å². The van der Waals surface area contributed by atoms with Gasteiger partial charge in [-0.25, -0.2) is 0 Å². The molecule has 0 bridgehead atoms. The van der Waals surface area contributed by atoms with Crippen LogP contribution in [0.25, 0.3) is 0 Å². The van der Waals surface area contributed by atoms with Crippen molar-refractivity contribution >= 4 is 5.97 Å². The van der Waals surface area contributed by atoms with Crippen LogP contribution in [0.15, 0.2) is 0 Å². The van der Waals surface area contributed by atoms with Crippen molar-refractivity contribution in [2.45, 2.75) is 32.4 Å². The summed E-state index contributed by atoms with van der Waals surface area (Å²) in [7, 11) is 0. The quantitative estimate of drug-likeness (QED) is 0.638. The molecule has 86 valence electrons. The molecule has 1 heterocycles. The van der Waals surface area contributed by atoms with E-state index < -0.39 is 11.6 Å². The lowest BCUT2D eigenvalue weighted by atomic mass is 10.1. The third-order valence-corrected chi connectivity index (χ3v) is 3.25. The molecule has 1 saturated carbocycles. The fourth-order valence-electron chi connectivity index (χ4n) is 2.53. The molecule has 0 amide bonds. The highest BCUT2D eigenvalue weighted by atomic mass is 16.6. The maximum Gasteiger partial charge on any atom is 0.323 e. The highest BCUT2D eigenvalue weighted by Gasteiger charge is 2.57. The first-order valence-electron chi connectivity index (χ1n) is 5.59. The van der Waals surface area contributed by atoms with E-state index in [9.17, 15) is 4.79 Å². The highest BCUT2D eigenvalue weighted by Crippen LogP contribution is 2.50. The van der Waals surface area contributed by atoms with Crippen molar-refractivity contribution in [3.05, 3.63) is 0 Å². The number of nitrogens with one attached hydrogen (secondary N) is 1. The van der Waals surface area contributed by atoms with E-state index in [4.69, 9.17) is 10.5 Å². The van der Waals surface area contributed by atoms with Crippen LogP contribution < -0.4 is 11.1 Å². The molecule has 1 aliphatic carbocycles. The molecule has 0 aromatic heterocycles. The van der Waals surface area contributed by atoms with E-state index in [0.29, 0.717) is 17.8 Å². The summed E-state index contributed by atoms with van der Waals surface area (Å²) in [6.07, 6.45) is 0. The Morgan fingerprint density at radius 3 is 2.40 bits per heavy atom. The molecule has 1 unspecified atom stereocenters. The lowest BCUT2D eigenvalue weighted by Gasteiger charge is -2.22. The van der Waals surface area contributed by atoms with Crippen molar-refractivity contribution in [1.29, 1.82) is 0 Å². The summed E-state index contributed by atoms with van der Waals surface area (Å²) >= 11 is 0. The predicted octanol–water partition coefficient (Wildman–Crippen LogP) is 0.121. The van der Waals surface area contributed by atoms with E-state index in [1.165, 1.54) is 0 Å². The molecule has 3 N–H and O–H groups in total. The van der Waals surface area contributed by atoms with Gasteiger partial charge in [0.1, 0.15) is 11.6 Å². The van der Waals surface area contributed by atoms with Gasteiger partial charge in [0.25, 0.3) is 0 Å². The molecule has 2 rings (SSSR count). The van der Waals surface area contributed by atoms with Gasteiger partial charge in [0, 0.05) is 0 Å². The first-order valence-corrected chi connectivity index (χ1v) is 5.59. The molecule has 4 nitrogen and oxygen atoms in total. The summed E-state index contributed by atoms with van der Waals surface area (Å²) in [4.78, 5) is 11.7. The summed E-state index contributed by atoms with van der Waals surface area (Å²) in [6.45, 7) is 7.62. The Morgan fingerprint density at radius 2 is 1.93 bits per heavy atom. The summed E-state index contributed by atoms with van der Waals surface area (Å²) in [5.41, 5.74) is 5.48. The molecular formula is C11H20N2O2. The molecule has 0 radical (unpaired) electrons. The number of ether oxygens (including phenoxy) is 1. The first kappa shape index (κ1) is 10.9. The molecule has 0 aromatic rings. The zero-order valence-corrected chi connectivity index (χ0v) is 9.62. The van der Waals surface area contributed by atoms with Gasteiger partial charge >= 0.3 is 5.97 Å². The summed E-state index contributed by atoms with van der Waals surface area (Å²) in [6, 6.07) is -0.429. The Labute approximate surface area is 90.5 Å². The van der Waals surface area contributed by atoms with Gasteiger partial charge in [-0.15, -0.1) is 0 Å². The smallest absolute Gasteiger partial charge is 0.323 e. The number of carbonyl (C=O) groups excluding carboxylic acids is 1. The van der Waals surface area contributed by atoms with Crippen molar-refractivity contribution in [2.75, 3.05) is 13.1 Å². The molecule has 2 fully saturated rings. The maximum absolute atomic E-state index is 11.7. The summed E-state index contributed by atoms with van der Waals surface area (Å²) in [5.74, 6) is 1.31. The second kappa shape index (κ2) is 3.46. The van der Waals surface area contributed by atoms with Crippen LogP contribution in [0.2, 0.25) is 0 Å². The zero-order chi connectivity index (χ0) is 11.2. The lowest BCUT2D eigenvalue weighted by molar-refractivity contribution is -0.157. The minimum absolute atomic E-state index is 0.248. The number of nitrogens with two attached hydrogens (primary N) is 1. The van der Waals surface area contributed by atoms with Gasteiger partial charge in [0.15, 0.2) is 0 Å². The van der Waals surface area contributed by atoms with Gasteiger partial charge < -0.3 is 15.8 Å². The first-order chi connectivity index (χ1) is 6.90. The van der Waals surface area contributed by atoms with E-state index in [-0.39, 0.29) is 5.97 Å². The minimum atomic E-state index is -0.434. The summed E-state index contributed by atoms with van der Waals surface area (Å²) < 4.78 is 5.28. The monoisotopic (exact) mass is 212 g/mol. The van der Waals surface area contributed by atoms with Crippen LogP contribution in [0.3, 0.4) is 0 Å². The van der Waals surface area contributed by atoms with Crippen molar-refractivity contribution < 1.29 is 9.53 Å². The number of hydrogen-bond acceptors (Lipinski definition) is 4. The molecule has 15 heavy (non-hydrogen) atoms. The van der Waals surface area contributed by atoms with Crippen LogP contribution in [0, 0.1) is 17.8 Å². The third-order valence-electron chi connectivity index (χ3n) is 3.25. The average molecular weight is 212 g/mol. The number of fused-ring (bicyclic) bond motifs is 1. The molecule has 0 spiro atoms. The van der Waals surface area contributed by atoms with Gasteiger partial charge in [0.05, 0.1) is 0 Å². The van der Waals surface area contributed by atoms with Crippen LogP contribution in [0.5, 0.6) is 0 Å². The van der Waals surface area contributed by atoms with Crippen molar-refractivity contribution in [2.24, 2.45) is 23.5 Å². The van der Waals surface area contributed by atoms with Crippen molar-refractivity contribution in [1.82, 2.24) is 5.32 Å². The second-order valence-electron chi connectivity index (χ2n) is 5.62. The lowest BCUT2D eigenvalue weighted by Crippen LogP contribution is -2.41. The predicted molar refractivity (Wildman–Crippen MR) is 57.2 cm³/mol. The largest absolute Gasteiger partial charge is 0.459 e. The fraction of sp³-hybridized carbons (Fsp3) is 0.909. The van der Waals surface area contributed by atoms with Gasteiger partial charge in [-0.2, -0.15) is 0 Å². The Morgan fingerprint density at radius 1 is 1.40 bits per heavy atom. The number of rotatable bonds is 2. The number of piperidine rings is 1. The van der Waals surface area contributed by atoms with Crippen molar-refractivity contribution in [3.63, 3.8) is 0 Å². The fourth-order valence-corrected chi connectivity index (χ4v) is 2.53. The van der Waals surface area contributed by atoms with Gasteiger partial charge in [-0.1, -0.05) is 0 Å². The Balaban J connectivity index is 1.87. The molecule has 4 atom stereocenters. The second-order valence-corrected chi connectivity index (χ2v) is 5.62. The van der Waals surface area contributed by atoms with E-state index in [1.54, 1.807) is 0 Å². The van der Waals surface area contributed by atoms with E-state index >= 15 is 0 Å². The standard InChI is InChI=1S/C11H20N2O2/c1-11(2,3)15-10(14)9(12)8-6-4-13-5-7(6)8/h6-9,13H,4-5,12H2,1-3H3/t6-,7+,8?,9-/m1/s1. The number of carbonyl (C=O) groups is 1. The van der Waals surface area contributed by atoms with Crippen LogP contribution in [-0.2, 0) is 9.53 Å². The van der Waals surface area contributed by atoms with Crippen LogP contribution in [0.4, 0.5) is 0 Å². The Hall–Kier alpha value is -0.610. The molecule has 0 aromatic carbocycles. The topological polar surface area (TPSA) is 64.3 Å². The molecule has 1 saturated heterocycles. The minimum Gasteiger partial charge on any atom is -0.459 e. The van der Waals surface area contributed by atoms with E-state index in [1.807, 2.05) is 20.8 Å². The maximum atomic E-state index is 11.7. The van der Waals surface area contributed by atoms with Gasteiger partial charge in [-0.3, -0.25) is 4.79 Å². The van der Waals surface area contributed by atoms with Crippen molar-refractivity contribution in [3.8, 4) is 0 Å². The number of hydrogen-bond donors (Lipinski definition) is 2. The molecule has 1 aliphatic heterocycles. The van der Waals surface area contributed by atoms with Crippen LogP contribution >= 0.6 is 0 Å². The Kier molecular flexibility index (Phi) is 2.51. The molecular weight excluding hydrogens is 192 g/mol.